The lowest BCUT2D eigenvalue weighted by atomic mass is 10.4. The fourth-order valence-electron chi connectivity index (χ4n) is 0.854. The number of hydrogen-bond donors (Lipinski definition) is 0. The Bertz CT molecular complexity index is 80.5. The van der Waals surface area contributed by atoms with Gasteiger partial charge in [-0.2, -0.15) is 0 Å². The highest BCUT2D eigenvalue weighted by atomic mass is 32.2. The van der Waals surface area contributed by atoms with Gasteiger partial charge in [0.1, 0.15) is 0 Å². The number of carbonyl (C=O) groups excluding carboxylic acids is 1. The van der Waals surface area contributed by atoms with Gasteiger partial charge in [-0.3, -0.25) is 4.79 Å². The molecule has 0 amide bonds. The summed E-state index contributed by atoms with van der Waals surface area (Å²) in [5.41, 5.74) is 0.894. The first-order valence-electron chi connectivity index (χ1n) is 2.79. The zero-order valence-corrected chi connectivity index (χ0v) is 5.49. The minimum atomic E-state index is 0.894. The second-order valence-corrected chi connectivity index (χ2v) is 2.76. The summed E-state index contributed by atoms with van der Waals surface area (Å²) in [6.45, 7) is 2.17. The van der Waals surface area contributed by atoms with E-state index < -0.39 is 0 Å². The van der Waals surface area contributed by atoms with Gasteiger partial charge >= 0.3 is 0 Å². The lowest BCUT2D eigenvalue weighted by molar-refractivity contribution is 0.560. The maximum Gasteiger partial charge on any atom is 0.191 e. The second kappa shape index (κ2) is 3.10. The molecular formula is C5H9NOS. The van der Waals surface area contributed by atoms with Crippen LogP contribution in [0, 0.1) is 0 Å². The number of carbonyl (C=O) groups is 1. The van der Waals surface area contributed by atoms with E-state index in [1.165, 1.54) is 24.8 Å². The van der Waals surface area contributed by atoms with E-state index in [-0.39, 0.29) is 0 Å². The van der Waals surface area contributed by atoms with Gasteiger partial charge in [-0.05, 0) is 24.8 Å². The molecule has 1 heterocycles. The first-order valence-corrected chi connectivity index (χ1v) is 3.62. The molecule has 0 aromatic rings. The van der Waals surface area contributed by atoms with Gasteiger partial charge in [0.25, 0.3) is 0 Å². The van der Waals surface area contributed by atoms with Crippen LogP contribution in [0.25, 0.3) is 0 Å². The van der Waals surface area contributed by atoms with Crippen LogP contribution >= 0.6 is 11.9 Å². The molecule has 0 aromatic heterocycles. The van der Waals surface area contributed by atoms with E-state index in [9.17, 15) is 4.79 Å². The Hall–Kier alpha value is -0.0200. The minimum Gasteiger partial charge on any atom is -0.290 e. The molecule has 0 N–H and O–H groups in total. The molecule has 46 valence electrons. The maximum absolute atomic E-state index is 9.88. The maximum atomic E-state index is 9.88. The van der Waals surface area contributed by atoms with Gasteiger partial charge in [-0.15, -0.1) is 0 Å². The van der Waals surface area contributed by atoms with Crippen molar-refractivity contribution in [3.05, 3.63) is 0 Å². The van der Waals surface area contributed by atoms with E-state index in [0.29, 0.717) is 0 Å². The average Bonchev–Trinajstić information content (AvgIpc) is 2.19. The second-order valence-electron chi connectivity index (χ2n) is 1.84. The number of hydrogen-bond acceptors (Lipinski definition) is 3. The van der Waals surface area contributed by atoms with Crippen molar-refractivity contribution in [1.29, 1.82) is 0 Å². The van der Waals surface area contributed by atoms with Gasteiger partial charge in [0.05, 0.1) is 0 Å². The van der Waals surface area contributed by atoms with Crippen molar-refractivity contribution < 1.29 is 4.79 Å². The Morgan fingerprint density at radius 1 is 1.38 bits per heavy atom. The van der Waals surface area contributed by atoms with E-state index in [4.69, 9.17) is 0 Å². The quantitative estimate of drug-likeness (QED) is 0.410. The summed E-state index contributed by atoms with van der Waals surface area (Å²) >= 11 is 1.29. The van der Waals surface area contributed by atoms with Crippen LogP contribution in [0.15, 0.2) is 0 Å². The van der Waals surface area contributed by atoms with Crippen LogP contribution in [-0.4, -0.2) is 23.0 Å². The molecule has 3 heteroatoms. The molecule has 0 spiro atoms. The molecular weight excluding hydrogens is 122 g/mol. The molecule has 1 aliphatic rings. The first-order chi connectivity index (χ1) is 3.93. The lowest BCUT2D eigenvalue weighted by Gasteiger charge is -2.05. The predicted octanol–water partition coefficient (Wildman–Crippen LogP) is 0.921. The fraction of sp³-hybridized carbons (Fsp3) is 0.800. The molecule has 1 saturated heterocycles. The van der Waals surface area contributed by atoms with Crippen LogP contribution < -0.4 is 0 Å². The summed E-state index contributed by atoms with van der Waals surface area (Å²) in [6, 6.07) is 0. The monoisotopic (exact) mass is 131 g/mol. The molecule has 0 radical (unpaired) electrons. The van der Waals surface area contributed by atoms with Crippen LogP contribution in [0.2, 0.25) is 0 Å². The Labute approximate surface area is 53.4 Å². The normalized spacial score (nSPS) is 21.5. The van der Waals surface area contributed by atoms with Crippen molar-refractivity contribution in [2.24, 2.45) is 0 Å². The third-order valence-corrected chi connectivity index (χ3v) is 2.01. The van der Waals surface area contributed by atoms with E-state index in [2.05, 4.69) is 4.31 Å². The molecule has 1 aliphatic heterocycles. The largest absolute Gasteiger partial charge is 0.290 e. The summed E-state index contributed by atoms with van der Waals surface area (Å²) in [5, 5.41) is 0. The summed E-state index contributed by atoms with van der Waals surface area (Å²) < 4.78 is 2.09. The number of nitrogens with zero attached hydrogens (tertiary/aromatic N) is 1. The smallest absolute Gasteiger partial charge is 0.191 e. The molecule has 0 aromatic carbocycles. The molecule has 1 fully saturated rings. The minimum absolute atomic E-state index is 0.894. The van der Waals surface area contributed by atoms with Gasteiger partial charge in [-0.1, -0.05) is 0 Å². The number of rotatable bonds is 2. The zero-order valence-electron chi connectivity index (χ0n) is 4.67. The molecule has 0 aliphatic carbocycles. The van der Waals surface area contributed by atoms with Gasteiger partial charge in [0.2, 0.25) is 0 Å². The van der Waals surface area contributed by atoms with Crippen molar-refractivity contribution in [3.8, 4) is 0 Å². The Kier molecular flexibility index (Phi) is 2.36. The highest BCUT2D eigenvalue weighted by Gasteiger charge is 2.10. The zero-order chi connectivity index (χ0) is 5.82. The highest BCUT2D eigenvalue weighted by Crippen LogP contribution is 2.14. The van der Waals surface area contributed by atoms with E-state index >= 15 is 0 Å². The van der Waals surface area contributed by atoms with Gasteiger partial charge < -0.3 is 0 Å². The van der Waals surface area contributed by atoms with Crippen LogP contribution in [0.4, 0.5) is 0 Å². The lowest BCUT2D eigenvalue weighted by Crippen LogP contribution is -2.08. The van der Waals surface area contributed by atoms with E-state index in [1.54, 1.807) is 0 Å². The average molecular weight is 131 g/mol. The van der Waals surface area contributed by atoms with Crippen LogP contribution in [-0.2, 0) is 4.79 Å². The molecule has 0 saturated carbocycles. The van der Waals surface area contributed by atoms with Gasteiger partial charge in [-0.25, -0.2) is 4.31 Å². The first kappa shape index (κ1) is 6.11. The van der Waals surface area contributed by atoms with Crippen LogP contribution in [0.3, 0.4) is 0 Å². The molecule has 1 rings (SSSR count). The van der Waals surface area contributed by atoms with Crippen LogP contribution in [0.5, 0.6) is 0 Å². The molecule has 2 nitrogen and oxygen atoms in total. The third kappa shape index (κ3) is 1.49. The van der Waals surface area contributed by atoms with Crippen LogP contribution in [0.1, 0.15) is 12.8 Å². The van der Waals surface area contributed by atoms with Crippen molar-refractivity contribution in [3.63, 3.8) is 0 Å². The third-order valence-electron chi connectivity index (χ3n) is 1.26. The van der Waals surface area contributed by atoms with Crippen molar-refractivity contribution in [2.45, 2.75) is 12.8 Å². The van der Waals surface area contributed by atoms with E-state index in [1.807, 2.05) is 0 Å². The molecule has 0 bridgehead atoms. The summed E-state index contributed by atoms with van der Waals surface area (Å²) in [7, 11) is 0. The fourth-order valence-corrected chi connectivity index (χ4v) is 1.45. The molecule has 0 atom stereocenters. The van der Waals surface area contributed by atoms with E-state index in [0.717, 1.165) is 18.7 Å². The summed E-state index contributed by atoms with van der Waals surface area (Å²) in [5.74, 6) is 0. The molecule has 0 unspecified atom stereocenters. The standard InChI is InChI=1S/C5H9NOS/c7-5-8-6-3-1-2-4-6/h5H,1-4H2. The SMILES string of the molecule is O=CSN1CCCC1. The summed E-state index contributed by atoms with van der Waals surface area (Å²) in [4.78, 5) is 9.88. The topological polar surface area (TPSA) is 20.3 Å². The van der Waals surface area contributed by atoms with Crippen molar-refractivity contribution in [1.82, 2.24) is 4.31 Å². The van der Waals surface area contributed by atoms with Gasteiger partial charge in [0.15, 0.2) is 5.62 Å². The Morgan fingerprint density at radius 2 is 2.00 bits per heavy atom. The Balaban J connectivity index is 2.14. The van der Waals surface area contributed by atoms with Crippen molar-refractivity contribution >= 4 is 17.6 Å². The Morgan fingerprint density at radius 3 is 2.50 bits per heavy atom. The summed E-state index contributed by atoms with van der Waals surface area (Å²) in [6.07, 6.45) is 2.50. The molecule has 8 heavy (non-hydrogen) atoms. The highest BCUT2D eigenvalue weighted by molar-refractivity contribution is 8.09. The predicted molar refractivity (Wildman–Crippen MR) is 35.1 cm³/mol. The van der Waals surface area contributed by atoms with Gasteiger partial charge in [0, 0.05) is 13.1 Å². The van der Waals surface area contributed by atoms with Crippen molar-refractivity contribution in [2.75, 3.05) is 13.1 Å².